The molecule has 1 aliphatic rings. The molecule has 0 aromatic rings. The number of ketones is 1. The first-order chi connectivity index (χ1) is 5.33. The average molecular weight is 153 g/mol. The molecule has 0 unspecified atom stereocenters. The number of allylic oxidation sites excluding steroid dienone is 2. The summed E-state index contributed by atoms with van der Waals surface area (Å²) in [4.78, 5) is 11.1. The summed E-state index contributed by atoms with van der Waals surface area (Å²) in [6.45, 7) is 0.524. The number of carbonyl (C=O) groups excluding carboxylic acids is 1. The van der Waals surface area contributed by atoms with Crippen LogP contribution in [-0.2, 0) is 4.79 Å². The fourth-order valence-electron chi connectivity index (χ4n) is 1.43. The maximum absolute atomic E-state index is 11.1. The lowest BCUT2D eigenvalue weighted by atomic mass is 10.0. The minimum atomic E-state index is 0.334. The zero-order valence-electron chi connectivity index (χ0n) is 6.97. The molecule has 62 valence electrons. The van der Waals surface area contributed by atoms with Crippen LogP contribution in [0.3, 0.4) is 0 Å². The Hall–Kier alpha value is -0.630. The highest BCUT2D eigenvalue weighted by Crippen LogP contribution is 2.20. The molecular weight excluding hydrogens is 138 g/mol. The predicted octanol–water partition coefficient (Wildman–Crippen LogP) is 1.13. The number of carbonyl (C=O) groups is 1. The van der Waals surface area contributed by atoms with E-state index in [1.54, 1.807) is 0 Å². The number of likely N-dealkylation sites (N-methyl/N-ethyl adjacent to an activating group) is 1. The molecule has 2 nitrogen and oxygen atoms in total. The topological polar surface area (TPSA) is 29.1 Å². The van der Waals surface area contributed by atoms with Crippen LogP contribution in [0.1, 0.15) is 19.3 Å². The summed E-state index contributed by atoms with van der Waals surface area (Å²) in [5, 5.41) is 2.87. The van der Waals surface area contributed by atoms with Crippen LogP contribution in [0.5, 0.6) is 0 Å². The fraction of sp³-hybridized carbons (Fsp3) is 0.667. The van der Waals surface area contributed by atoms with Crippen LogP contribution >= 0.6 is 0 Å². The van der Waals surface area contributed by atoms with Gasteiger partial charge in [-0.15, -0.1) is 0 Å². The van der Waals surface area contributed by atoms with Gasteiger partial charge in [-0.3, -0.25) is 4.79 Å². The van der Waals surface area contributed by atoms with Crippen LogP contribution in [0.25, 0.3) is 0 Å². The summed E-state index contributed by atoms with van der Waals surface area (Å²) in [7, 11) is 1.81. The molecule has 11 heavy (non-hydrogen) atoms. The molecular formula is C9H15NO. The standard InChI is InChI=1S/C9H15NO/c1-10-7-9(11)6-8-4-2-3-5-8/h2-3,8,10H,4-7H2,1H3. The summed E-state index contributed by atoms with van der Waals surface area (Å²) < 4.78 is 0. The van der Waals surface area contributed by atoms with E-state index in [2.05, 4.69) is 17.5 Å². The van der Waals surface area contributed by atoms with E-state index in [1.807, 2.05) is 7.05 Å². The van der Waals surface area contributed by atoms with Crippen LogP contribution in [0, 0.1) is 5.92 Å². The first kappa shape index (κ1) is 8.47. The molecule has 1 rings (SSSR count). The normalized spacial score (nSPS) is 17.5. The van der Waals surface area contributed by atoms with E-state index >= 15 is 0 Å². The molecule has 0 spiro atoms. The van der Waals surface area contributed by atoms with Crippen molar-refractivity contribution in [3.8, 4) is 0 Å². The van der Waals surface area contributed by atoms with E-state index < -0.39 is 0 Å². The fourth-order valence-corrected chi connectivity index (χ4v) is 1.43. The lowest BCUT2D eigenvalue weighted by molar-refractivity contribution is -0.118. The third-order valence-electron chi connectivity index (χ3n) is 2.00. The van der Waals surface area contributed by atoms with Gasteiger partial charge < -0.3 is 5.32 Å². The van der Waals surface area contributed by atoms with Gasteiger partial charge in [-0.05, 0) is 25.8 Å². The van der Waals surface area contributed by atoms with E-state index in [9.17, 15) is 4.79 Å². The summed E-state index contributed by atoms with van der Waals surface area (Å²) in [5.41, 5.74) is 0. The van der Waals surface area contributed by atoms with Crippen LogP contribution < -0.4 is 5.32 Å². The van der Waals surface area contributed by atoms with Crippen LogP contribution in [0.4, 0.5) is 0 Å². The Morgan fingerprint density at radius 1 is 1.55 bits per heavy atom. The molecule has 0 radical (unpaired) electrons. The van der Waals surface area contributed by atoms with E-state index in [4.69, 9.17) is 0 Å². The second-order valence-electron chi connectivity index (χ2n) is 3.08. The molecule has 0 fully saturated rings. The summed E-state index contributed by atoms with van der Waals surface area (Å²) >= 11 is 0. The predicted molar refractivity (Wildman–Crippen MR) is 45.4 cm³/mol. The number of hydrogen-bond donors (Lipinski definition) is 1. The number of nitrogens with one attached hydrogen (secondary N) is 1. The van der Waals surface area contributed by atoms with Crippen LogP contribution in [0.2, 0.25) is 0 Å². The van der Waals surface area contributed by atoms with Gasteiger partial charge in [-0.1, -0.05) is 12.2 Å². The van der Waals surface area contributed by atoms with Gasteiger partial charge in [0, 0.05) is 6.42 Å². The molecule has 0 aromatic heterocycles. The Morgan fingerprint density at radius 3 is 2.73 bits per heavy atom. The summed E-state index contributed by atoms with van der Waals surface area (Å²) in [5.74, 6) is 0.928. The van der Waals surface area contributed by atoms with Crippen molar-refractivity contribution in [2.75, 3.05) is 13.6 Å². The Morgan fingerprint density at radius 2 is 2.18 bits per heavy atom. The van der Waals surface area contributed by atoms with Crippen molar-refractivity contribution in [3.63, 3.8) is 0 Å². The highest BCUT2D eigenvalue weighted by atomic mass is 16.1. The first-order valence-corrected chi connectivity index (χ1v) is 4.14. The van der Waals surface area contributed by atoms with Crippen molar-refractivity contribution in [2.24, 2.45) is 5.92 Å². The van der Waals surface area contributed by atoms with E-state index in [1.165, 1.54) is 0 Å². The van der Waals surface area contributed by atoms with Crippen molar-refractivity contribution in [3.05, 3.63) is 12.2 Å². The zero-order valence-corrected chi connectivity index (χ0v) is 6.97. The maximum atomic E-state index is 11.1. The van der Waals surface area contributed by atoms with Crippen molar-refractivity contribution in [2.45, 2.75) is 19.3 Å². The third kappa shape index (κ3) is 2.85. The van der Waals surface area contributed by atoms with Crippen molar-refractivity contribution < 1.29 is 4.79 Å². The quantitative estimate of drug-likeness (QED) is 0.613. The number of hydrogen-bond acceptors (Lipinski definition) is 2. The van der Waals surface area contributed by atoms with E-state index in [0.29, 0.717) is 18.2 Å². The zero-order chi connectivity index (χ0) is 8.10. The molecule has 0 saturated heterocycles. The SMILES string of the molecule is CNCC(=O)CC1CC=CC1. The average Bonchev–Trinajstić information content (AvgIpc) is 2.40. The van der Waals surface area contributed by atoms with Gasteiger partial charge in [0.2, 0.25) is 0 Å². The number of Topliss-reactive ketones (excluding diaryl/α,β-unsaturated/α-hetero) is 1. The second-order valence-corrected chi connectivity index (χ2v) is 3.08. The molecule has 0 aromatic carbocycles. The van der Waals surface area contributed by atoms with Gasteiger partial charge in [0.1, 0.15) is 5.78 Å². The Bertz CT molecular complexity index is 155. The van der Waals surface area contributed by atoms with Crippen LogP contribution in [0.15, 0.2) is 12.2 Å². The summed E-state index contributed by atoms with van der Waals surface area (Å²) in [6, 6.07) is 0. The van der Waals surface area contributed by atoms with Gasteiger partial charge in [0.25, 0.3) is 0 Å². The highest BCUT2D eigenvalue weighted by Gasteiger charge is 2.13. The number of rotatable bonds is 4. The van der Waals surface area contributed by atoms with Crippen molar-refractivity contribution in [1.29, 1.82) is 0 Å². The van der Waals surface area contributed by atoms with Crippen LogP contribution in [-0.4, -0.2) is 19.4 Å². The maximum Gasteiger partial charge on any atom is 0.146 e. The Labute approximate surface area is 67.7 Å². The monoisotopic (exact) mass is 153 g/mol. The van der Waals surface area contributed by atoms with Gasteiger partial charge in [-0.2, -0.15) is 0 Å². The first-order valence-electron chi connectivity index (χ1n) is 4.14. The van der Waals surface area contributed by atoms with Gasteiger partial charge in [-0.25, -0.2) is 0 Å². The molecule has 0 aliphatic heterocycles. The molecule has 0 bridgehead atoms. The third-order valence-corrected chi connectivity index (χ3v) is 2.00. The molecule has 0 amide bonds. The smallest absolute Gasteiger partial charge is 0.146 e. The van der Waals surface area contributed by atoms with Crippen molar-refractivity contribution in [1.82, 2.24) is 5.32 Å². The molecule has 1 aliphatic carbocycles. The molecule has 0 atom stereocenters. The van der Waals surface area contributed by atoms with E-state index in [0.717, 1.165) is 19.3 Å². The Kier molecular flexibility index (Phi) is 3.30. The van der Waals surface area contributed by atoms with E-state index in [-0.39, 0.29) is 0 Å². The summed E-state index contributed by atoms with van der Waals surface area (Å²) in [6.07, 6.45) is 7.26. The molecule has 0 heterocycles. The second kappa shape index (κ2) is 4.29. The minimum Gasteiger partial charge on any atom is -0.313 e. The highest BCUT2D eigenvalue weighted by molar-refractivity contribution is 5.80. The van der Waals surface area contributed by atoms with Gasteiger partial charge in [0.05, 0.1) is 6.54 Å². The van der Waals surface area contributed by atoms with Gasteiger partial charge in [0.15, 0.2) is 0 Å². The lowest BCUT2D eigenvalue weighted by Crippen LogP contribution is -2.20. The van der Waals surface area contributed by atoms with Gasteiger partial charge >= 0.3 is 0 Å². The molecule has 0 saturated carbocycles. The van der Waals surface area contributed by atoms with Crippen molar-refractivity contribution >= 4 is 5.78 Å². The molecule has 1 N–H and O–H groups in total. The molecule has 2 heteroatoms. The lowest BCUT2D eigenvalue weighted by Gasteiger charge is -2.06. The minimum absolute atomic E-state index is 0.334. The largest absolute Gasteiger partial charge is 0.313 e. The Balaban J connectivity index is 2.15.